The molecule has 0 spiro atoms. The lowest BCUT2D eigenvalue weighted by atomic mass is 9.98. The number of amides is 2. The topological polar surface area (TPSA) is 75.4 Å². The van der Waals surface area contributed by atoms with Gasteiger partial charge in [0.15, 0.2) is 5.76 Å². The SMILES string of the molecule is O=C(NCCc1csc(C2CCCN(C(=O)c3ccco3)C2)n1)C1CC1. The van der Waals surface area contributed by atoms with Gasteiger partial charge in [-0.3, -0.25) is 9.59 Å². The molecule has 4 rings (SSSR count). The Labute approximate surface area is 156 Å². The zero-order chi connectivity index (χ0) is 17.9. The number of carbonyl (C=O) groups is 2. The largest absolute Gasteiger partial charge is 0.459 e. The van der Waals surface area contributed by atoms with Crippen LogP contribution in [0.5, 0.6) is 0 Å². The average Bonchev–Trinajstić information content (AvgIpc) is 3.18. The molecule has 1 saturated carbocycles. The second kappa shape index (κ2) is 7.61. The zero-order valence-corrected chi connectivity index (χ0v) is 15.5. The van der Waals surface area contributed by atoms with Crippen molar-refractivity contribution in [1.29, 1.82) is 0 Å². The molecule has 0 bridgehead atoms. The fourth-order valence-electron chi connectivity index (χ4n) is 3.35. The first kappa shape index (κ1) is 17.3. The molecule has 0 aromatic carbocycles. The Morgan fingerprint density at radius 3 is 3.00 bits per heavy atom. The molecule has 2 amide bonds. The Bertz CT molecular complexity index is 767. The minimum absolute atomic E-state index is 0.0423. The molecule has 1 aliphatic carbocycles. The van der Waals surface area contributed by atoms with Gasteiger partial charge >= 0.3 is 0 Å². The summed E-state index contributed by atoms with van der Waals surface area (Å²) in [5.74, 6) is 1.07. The van der Waals surface area contributed by atoms with Crippen molar-refractivity contribution in [2.45, 2.75) is 38.0 Å². The number of likely N-dealkylation sites (tertiary alicyclic amines) is 1. The number of piperidine rings is 1. The van der Waals surface area contributed by atoms with Crippen LogP contribution in [0.1, 0.15) is 52.9 Å². The third kappa shape index (κ3) is 3.98. The highest BCUT2D eigenvalue weighted by Gasteiger charge is 2.30. The molecule has 2 aromatic heterocycles. The van der Waals surface area contributed by atoms with E-state index in [-0.39, 0.29) is 23.7 Å². The van der Waals surface area contributed by atoms with E-state index in [0.29, 0.717) is 18.8 Å². The van der Waals surface area contributed by atoms with E-state index < -0.39 is 0 Å². The lowest BCUT2D eigenvalue weighted by Gasteiger charge is -2.31. The predicted molar refractivity (Wildman–Crippen MR) is 98.1 cm³/mol. The van der Waals surface area contributed by atoms with Crippen LogP contribution in [-0.4, -0.2) is 41.3 Å². The van der Waals surface area contributed by atoms with Crippen LogP contribution in [0.25, 0.3) is 0 Å². The number of hydrogen-bond donors (Lipinski definition) is 1. The molecule has 2 aromatic rings. The van der Waals surface area contributed by atoms with Gasteiger partial charge in [0.2, 0.25) is 5.91 Å². The summed E-state index contributed by atoms with van der Waals surface area (Å²) in [6.45, 7) is 2.10. The van der Waals surface area contributed by atoms with E-state index in [0.717, 1.165) is 49.4 Å². The number of hydrogen-bond acceptors (Lipinski definition) is 5. The molecular weight excluding hydrogens is 350 g/mol. The number of rotatable bonds is 6. The van der Waals surface area contributed by atoms with Gasteiger partial charge in [0.05, 0.1) is 17.0 Å². The number of nitrogens with zero attached hydrogens (tertiary/aromatic N) is 2. The van der Waals surface area contributed by atoms with Gasteiger partial charge in [-0.25, -0.2) is 4.98 Å². The molecule has 1 unspecified atom stereocenters. The number of nitrogens with one attached hydrogen (secondary N) is 1. The molecule has 7 heteroatoms. The summed E-state index contributed by atoms with van der Waals surface area (Å²) in [4.78, 5) is 30.8. The Balaban J connectivity index is 1.31. The summed E-state index contributed by atoms with van der Waals surface area (Å²) in [6, 6.07) is 3.45. The Hall–Kier alpha value is -2.15. The fraction of sp³-hybridized carbons (Fsp3) is 0.526. The first-order valence-corrected chi connectivity index (χ1v) is 10.1. The van der Waals surface area contributed by atoms with E-state index in [2.05, 4.69) is 10.7 Å². The summed E-state index contributed by atoms with van der Waals surface area (Å²) in [5, 5.41) is 6.15. The van der Waals surface area contributed by atoms with Gasteiger partial charge in [0, 0.05) is 43.3 Å². The van der Waals surface area contributed by atoms with Crippen LogP contribution in [0.15, 0.2) is 28.2 Å². The van der Waals surface area contributed by atoms with E-state index >= 15 is 0 Å². The average molecular weight is 373 g/mol. The normalized spacial score (nSPS) is 20.2. The maximum atomic E-state index is 12.5. The zero-order valence-electron chi connectivity index (χ0n) is 14.6. The highest BCUT2D eigenvalue weighted by Crippen LogP contribution is 2.30. The number of furan rings is 1. The molecule has 2 fully saturated rings. The molecule has 1 atom stereocenters. The minimum atomic E-state index is -0.0423. The van der Waals surface area contributed by atoms with Gasteiger partial charge in [-0.1, -0.05) is 0 Å². The molecule has 26 heavy (non-hydrogen) atoms. The maximum absolute atomic E-state index is 12.5. The molecule has 2 aliphatic rings. The second-order valence-corrected chi connectivity index (χ2v) is 7.95. The van der Waals surface area contributed by atoms with Crippen molar-refractivity contribution >= 4 is 23.2 Å². The van der Waals surface area contributed by atoms with Crippen LogP contribution in [0.2, 0.25) is 0 Å². The highest BCUT2D eigenvalue weighted by atomic mass is 32.1. The number of carbonyl (C=O) groups excluding carboxylic acids is 2. The van der Waals surface area contributed by atoms with Gasteiger partial charge < -0.3 is 14.6 Å². The molecular formula is C19H23N3O3S. The fourth-order valence-corrected chi connectivity index (χ4v) is 4.33. The van der Waals surface area contributed by atoms with Crippen molar-refractivity contribution in [3.8, 4) is 0 Å². The first-order valence-electron chi connectivity index (χ1n) is 9.25. The summed E-state index contributed by atoms with van der Waals surface area (Å²) in [7, 11) is 0. The second-order valence-electron chi connectivity index (χ2n) is 7.06. The van der Waals surface area contributed by atoms with Gasteiger partial charge in [0.1, 0.15) is 0 Å². The van der Waals surface area contributed by atoms with Crippen LogP contribution in [-0.2, 0) is 11.2 Å². The quantitative estimate of drug-likeness (QED) is 0.845. The lowest BCUT2D eigenvalue weighted by molar-refractivity contribution is -0.122. The highest BCUT2D eigenvalue weighted by molar-refractivity contribution is 7.09. The van der Waals surface area contributed by atoms with Gasteiger partial charge in [0.25, 0.3) is 5.91 Å². The van der Waals surface area contributed by atoms with Crippen LogP contribution in [0.3, 0.4) is 0 Å². The van der Waals surface area contributed by atoms with Crippen molar-refractivity contribution in [2.24, 2.45) is 5.92 Å². The third-order valence-electron chi connectivity index (χ3n) is 4.99. The van der Waals surface area contributed by atoms with Crippen LogP contribution < -0.4 is 5.32 Å². The van der Waals surface area contributed by atoms with Crippen LogP contribution in [0.4, 0.5) is 0 Å². The lowest BCUT2D eigenvalue weighted by Crippen LogP contribution is -2.38. The standard InChI is InChI=1S/C19H23N3O3S/c23-17(13-5-6-13)20-8-7-15-12-26-18(21-15)14-3-1-9-22(11-14)19(24)16-4-2-10-25-16/h2,4,10,12-14H,1,3,5-9,11H2,(H,20,23). The predicted octanol–water partition coefficient (Wildman–Crippen LogP) is 2.82. The van der Waals surface area contributed by atoms with E-state index in [1.54, 1.807) is 23.5 Å². The third-order valence-corrected chi connectivity index (χ3v) is 6.04. The molecule has 1 aliphatic heterocycles. The molecule has 0 radical (unpaired) electrons. The van der Waals surface area contributed by atoms with Crippen molar-refractivity contribution < 1.29 is 14.0 Å². The maximum Gasteiger partial charge on any atom is 0.289 e. The van der Waals surface area contributed by atoms with Crippen molar-refractivity contribution in [3.05, 3.63) is 40.2 Å². The summed E-state index contributed by atoms with van der Waals surface area (Å²) in [5.41, 5.74) is 1.02. The van der Waals surface area contributed by atoms with E-state index in [1.807, 2.05) is 4.90 Å². The minimum Gasteiger partial charge on any atom is -0.459 e. The van der Waals surface area contributed by atoms with E-state index in [9.17, 15) is 9.59 Å². The number of thiazole rings is 1. The van der Waals surface area contributed by atoms with Crippen molar-refractivity contribution in [1.82, 2.24) is 15.2 Å². The van der Waals surface area contributed by atoms with Gasteiger partial charge in [-0.2, -0.15) is 0 Å². The molecule has 1 saturated heterocycles. The van der Waals surface area contributed by atoms with Crippen molar-refractivity contribution in [2.75, 3.05) is 19.6 Å². The molecule has 1 N–H and O–H groups in total. The smallest absolute Gasteiger partial charge is 0.289 e. The first-order chi connectivity index (χ1) is 12.7. The molecule has 138 valence electrons. The van der Waals surface area contributed by atoms with Gasteiger partial charge in [-0.15, -0.1) is 11.3 Å². The Kier molecular flexibility index (Phi) is 5.06. The van der Waals surface area contributed by atoms with E-state index in [1.165, 1.54) is 6.26 Å². The Morgan fingerprint density at radius 2 is 2.23 bits per heavy atom. The summed E-state index contributed by atoms with van der Waals surface area (Å²) >= 11 is 1.66. The van der Waals surface area contributed by atoms with Crippen molar-refractivity contribution in [3.63, 3.8) is 0 Å². The van der Waals surface area contributed by atoms with Gasteiger partial charge in [-0.05, 0) is 37.8 Å². The molecule has 3 heterocycles. The number of aromatic nitrogens is 1. The van der Waals surface area contributed by atoms with Crippen LogP contribution in [0, 0.1) is 5.92 Å². The summed E-state index contributed by atoms with van der Waals surface area (Å²) < 4.78 is 5.24. The molecule has 6 nitrogen and oxygen atoms in total. The Morgan fingerprint density at radius 1 is 1.35 bits per heavy atom. The van der Waals surface area contributed by atoms with Crippen LogP contribution >= 0.6 is 11.3 Å². The summed E-state index contributed by atoms with van der Waals surface area (Å²) in [6.07, 6.45) is 6.38. The van der Waals surface area contributed by atoms with E-state index in [4.69, 9.17) is 9.40 Å². The monoisotopic (exact) mass is 373 g/mol.